The molecule has 0 aliphatic rings. The molecule has 1 rings (SSSR count). The van der Waals surface area contributed by atoms with Crippen molar-refractivity contribution in [3.8, 4) is 0 Å². The van der Waals surface area contributed by atoms with Crippen molar-refractivity contribution >= 4 is 5.97 Å². The van der Waals surface area contributed by atoms with Crippen molar-refractivity contribution in [3.63, 3.8) is 0 Å². The van der Waals surface area contributed by atoms with Gasteiger partial charge in [-0.1, -0.05) is 19.1 Å². The minimum Gasteiger partial charge on any atom is -0.478 e. The molecule has 0 unspecified atom stereocenters. The molecule has 0 saturated heterocycles. The maximum absolute atomic E-state index is 10.4. The number of hydrogen-bond donors (Lipinski definition) is 1. The van der Waals surface area contributed by atoms with Crippen LogP contribution in [0.5, 0.6) is 0 Å². The Morgan fingerprint density at radius 1 is 1.33 bits per heavy atom. The van der Waals surface area contributed by atoms with Gasteiger partial charge in [-0.25, -0.2) is 4.79 Å². The third-order valence-corrected chi connectivity index (χ3v) is 1.61. The van der Waals surface area contributed by atoms with E-state index in [1.165, 1.54) is 0 Å². The second kappa shape index (κ2) is 5.29. The topological polar surface area (TPSA) is 37.3 Å². The molecule has 60 valence electrons. The summed E-state index contributed by atoms with van der Waals surface area (Å²) < 4.78 is 0. The Bertz CT molecular complexity index is 254. The fourth-order valence-electron chi connectivity index (χ4n) is 0.883. The monoisotopic (exact) mass is 264 g/mol. The summed E-state index contributed by atoms with van der Waals surface area (Å²) in [6, 6.07) is 6.93. The second-order valence-corrected chi connectivity index (χ2v) is 2.36. The van der Waals surface area contributed by atoms with Gasteiger partial charge in [0.05, 0.1) is 5.56 Å². The first-order chi connectivity index (χ1) is 5.24. The zero-order valence-corrected chi connectivity index (χ0v) is 11.1. The van der Waals surface area contributed by atoms with Crippen LogP contribution >= 0.6 is 0 Å². The van der Waals surface area contributed by atoms with Crippen LogP contribution in [0.25, 0.3) is 0 Å². The van der Waals surface area contributed by atoms with Crippen LogP contribution in [-0.2, 0) is 33.7 Å². The Hall–Kier alpha value is -0.388. The fourth-order valence-corrected chi connectivity index (χ4v) is 0.883. The summed E-state index contributed by atoms with van der Waals surface area (Å²) in [7, 11) is 0. The van der Waals surface area contributed by atoms with Crippen molar-refractivity contribution in [1.29, 1.82) is 0 Å². The van der Waals surface area contributed by atoms with Gasteiger partial charge in [0.1, 0.15) is 0 Å². The van der Waals surface area contributed by atoms with E-state index in [2.05, 4.69) is 0 Å². The molecule has 2 nitrogen and oxygen atoms in total. The van der Waals surface area contributed by atoms with E-state index in [4.69, 9.17) is 5.11 Å². The molecule has 0 aromatic heterocycles. The van der Waals surface area contributed by atoms with Crippen LogP contribution in [0.1, 0.15) is 22.8 Å². The summed E-state index contributed by atoms with van der Waals surface area (Å²) in [5, 5.41) is 8.55. The van der Waals surface area contributed by atoms with E-state index in [9.17, 15) is 4.79 Å². The first-order valence-corrected chi connectivity index (χ1v) is 3.56. The van der Waals surface area contributed by atoms with Gasteiger partial charge < -0.3 is 5.11 Å². The number of carboxylic acids is 1. The van der Waals surface area contributed by atoms with Gasteiger partial charge in [-0.15, -0.1) is 0 Å². The minimum absolute atomic E-state index is 0. The van der Waals surface area contributed by atoms with E-state index in [-0.39, 0.29) is 27.3 Å². The number of rotatable bonds is 2. The summed E-state index contributed by atoms with van der Waals surface area (Å²) in [5.74, 6) is -0.868. The van der Waals surface area contributed by atoms with E-state index >= 15 is 0 Å². The van der Waals surface area contributed by atoms with Crippen LogP contribution < -0.4 is 0 Å². The van der Waals surface area contributed by atoms with E-state index in [1.54, 1.807) is 12.1 Å². The predicted molar refractivity (Wildman–Crippen MR) is 42.8 cm³/mol. The first kappa shape index (κ1) is 11.6. The van der Waals surface area contributed by atoms with Crippen molar-refractivity contribution in [2.75, 3.05) is 0 Å². The molecule has 0 fully saturated rings. The number of aryl methyl sites for hydroxylation is 1. The smallest absolute Gasteiger partial charge is 0.335 e. The molecule has 0 aliphatic heterocycles. The van der Waals surface area contributed by atoms with Crippen LogP contribution in [0.2, 0.25) is 0 Å². The van der Waals surface area contributed by atoms with Crippen LogP contribution in [0.15, 0.2) is 24.3 Å². The van der Waals surface area contributed by atoms with Crippen molar-refractivity contribution in [2.45, 2.75) is 13.3 Å². The molecular weight excluding hydrogens is 253 g/mol. The average Bonchev–Trinajstić information content (AvgIpc) is 2.05. The number of aromatic carboxylic acids is 1. The quantitative estimate of drug-likeness (QED) is 0.827. The standard InChI is InChI=1S/C9H10O2.Cd/c1-2-7-3-5-8(6-4-7)9(10)11;/h3-6H,2H2,1H3,(H,10,11);. The van der Waals surface area contributed by atoms with Crippen molar-refractivity contribution < 1.29 is 37.2 Å². The van der Waals surface area contributed by atoms with Crippen LogP contribution in [0.3, 0.4) is 0 Å². The molecular formula is C9H10CdO2. The summed E-state index contributed by atoms with van der Waals surface area (Å²) in [4.78, 5) is 10.4. The zero-order chi connectivity index (χ0) is 8.27. The van der Waals surface area contributed by atoms with Gasteiger partial charge in [-0.05, 0) is 24.1 Å². The number of benzene rings is 1. The van der Waals surface area contributed by atoms with Gasteiger partial charge in [0.25, 0.3) is 0 Å². The summed E-state index contributed by atoms with van der Waals surface area (Å²) in [5.41, 5.74) is 1.51. The van der Waals surface area contributed by atoms with Gasteiger partial charge in [0.2, 0.25) is 0 Å². The molecule has 0 atom stereocenters. The molecule has 1 aromatic carbocycles. The predicted octanol–water partition coefficient (Wildman–Crippen LogP) is 1.94. The van der Waals surface area contributed by atoms with E-state index < -0.39 is 5.97 Å². The zero-order valence-electron chi connectivity index (χ0n) is 7.08. The third-order valence-electron chi connectivity index (χ3n) is 1.61. The van der Waals surface area contributed by atoms with Gasteiger partial charge in [-0.2, -0.15) is 0 Å². The Balaban J connectivity index is 0.00000121. The molecule has 0 bridgehead atoms. The summed E-state index contributed by atoms with van der Waals surface area (Å²) in [6.45, 7) is 2.04. The first-order valence-electron chi connectivity index (χ1n) is 3.56. The molecule has 1 aromatic rings. The van der Waals surface area contributed by atoms with Crippen LogP contribution in [0.4, 0.5) is 0 Å². The van der Waals surface area contributed by atoms with E-state index in [0.717, 1.165) is 12.0 Å². The molecule has 12 heavy (non-hydrogen) atoms. The Kier molecular flexibility index (Phi) is 5.12. The second-order valence-electron chi connectivity index (χ2n) is 2.36. The minimum atomic E-state index is -0.868. The normalized spacial score (nSPS) is 8.75. The van der Waals surface area contributed by atoms with Gasteiger partial charge in [0.15, 0.2) is 0 Å². The maximum atomic E-state index is 10.4. The number of hydrogen-bond acceptors (Lipinski definition) is 1. The molecule has 0 spiro atoms. The largest absolute Gasteiger partial charge is 0.478 e. The Morgan fingerprint density at radius 3 is 2.17 bits per heavy atom. The van der Waals surface area contributed by atoms with Gasteiger partial charge >= 0.3 is 5.97 Å². The average molecular weight is 263 g/mol. The van der Waals surface area contributed by atoms with E-state index in [0.29, 0.717) is 5.56 Å². The van der Waals surface area contributed by atoms with Crippen molar-refractivity contribution in [2.24, 2.45) is 0 Å². The SMILES string of the molecule is CCc1ccc(C(=O)O)cc1.[Cd]. The molecule has 0 heterocycles. The van der Waals surface area contributed by atoms with E-state index in [1.807, 2.05) is 19.1 Å². The fraction of sp³-hybridized carbons (Fsp3) is 0.222. The molecule has 3 heteroatoms. The Labute approximate surface area is 91.8 Å². The van der Waals surface area contributed by atoms with Crippen molar-refractivity contribution in [3.05, 3.63) is 35.4 Å². The number of carboxylic acid groups (broad SMARTS) is 1. The number of carbonyl (C=O) groups is 1. The van der Waals surface area contributed by atoms with Crippen molar-refractivity contribution in [1.82, 2.24) is 0 Å². The third kappa shape index (κ3) is 2.92. The van der Waals surface area contributed by atoms with Gasteiger partial charge in [0, 0.05) is 27.3 Å². The molecule has 0 radical (unpaired) electrons. The summed E-state index contributed by atoms with van der Waals surface area (Å²) >= 11 is 0. The molecule has 0 amide bonds. The molecule has 1 N–H and O–H groups in total. The molecule has 0 aliphatic carbocycles. The molecule has 0 saturated carbocycles. The Morgan fingerprint density at radius 2 is 1.83 bits per heavy atom. The van der Waals surface area contributed by atoms with Crippen LogP contribution in [0, 0.1) is 0 Å². The summed E-state index contributed by atoms with van der Waals surface area (Å²) in [6.07, 6.45) is 0.944. The van der Waals surface area contributed by atoms with Crippen LogP contribution in [-0.4, -0.2) is 11.1 Å². The maximum Gasteiger partial charge on any atom is 0.335 e. The van der Waals surface area contributed by atoms with Gasteiger partial charge in [-0.3, -0.25) is 0 Å².